The van der Waals surface area contributed by atoms with Crippen molar-refractivity contribution >= 4 is 21.8 Å². The first-order valence-electron chi connectivity index (χ1n) is 10.0. The molecule has 0 amide bonds. The standard InChI is InChI=1S/C22H25N3O7S/c1-13-10-19(16(4)25(13)21-11-14(2)32-23-21)20(26)12-31-22(27)15(3)24-33(28,29)18-8-6-17(30-5)7-9-18/h6-11,15,24H,12H2,1-5H3/t15-/m0/s1. The molecule has 0 saturated carbocycles. The molecule has 0 radical (unpaired) electrons. The van der Waals surface area contributed by atoms with Gasteiger partial charge in [0.15, 0.2) is 12.4 Å². The highest BCUT2D eigenvalue weighted by Crippen LogP contribution is 2.21. The van der Waals surface area contributed by atoms with Crippen LogP contribution < -0.4 is 9.46 Å². The summed E-state index contributed by atoms with van der Waals surface area (Å²) < 4.78 is 44.2. The molecular formula is C22H25N3O7S. The van der Waals surface area contributed by atoms with Crippen molar-refractivity contribution in [3.8, 4) is 11.6 Å². The van der Waals surface area contributed by atoms with Gasteiger partial charge in [0.05, 0.1) is 12.0 Å². The molecule has 3 rings (SSSR count). The van der Waals surface area contributed by atoms with Gasteiger partial charge in [-0.15, -0.1) is 0 Å². The van der Waals surface area contributed by atoms with Crippen LogP contribution in [0, 0.1) is 20.8 Å². The van der Waals surface area contributed by atoms with Crippen molar-refractivity contribution in [2.24, 2.45) is 0 Å². The van der Waals surface area contributed by atoms with E-state index in [-0.39, 0.29) is 4.90 Å². The summed E-state index contributed by atoms with van der Waals surface area (Å²) in [6.07, 6.45) is 0. The number of hydrogen-bond acceptors (Lipinski definition) is 8. The van der Waals surface area contributed by atoms with E-state index in [2.05, 4.69) is 9.88 Å². The van der Waals surface area contributed by atoms with E-state index in [0.717, 1.165) is 5.69 Å². The number of carbonyl (C=O) groups is 2. The van der Waals surface area contributed by atoms with E-state index in [1.54, 1.807) is 30.5 Å². The molecule has 0 spiro atoms. The molecule has 33 heavy (non-hydrogen) atoms. The number of nitrogens with zero attached hydrogens (tertiary/aromatic N) is 2. The zero-order valence-electron chi connectivity index (χ0n) is 18.9. The van der Waals surface area contributed by atoms with Gasteiger partial charge in [0.1, 0.15) is 17.6 Å². The van der Waals surface area contributed by atoms with Gasteiger partial charge in [-0.2, -0.15) is 4.72 Å². The van der Waals surface area contributed by atoms with Gasteiger partial charge in [-0.25, -0.2) is 8.42 Å². The number of nitrogens with one attached hydrogen (secondary N) is 1. The third kappa shape index (κ3) is 5.32. The van der Waals surface area contributed by atoms with Crippen LogP contribution in [0.1, 0.15) is 34.4 Å². The van der Waals surface area contributed by atoms with E-state index in [4.69, 9.17) is 14.0 Å². The van der Waals surface area contributed by atoms with E-state index < -0.39 is 34.4 Å². The minimum absolute atomic E-state index is 0.0328. The minimum atomic E-state index is -3.97. The lowest BCUT2D eigenvalue weighted by molar-refractivity contribution is -0.144. The number of hydrogen-bond donors (Lipinski definition) is 1. The number of methoxy groups -OCH3 is 1. The number of sulfonamides is 1. The van der Waals surface area contributed by atoms with Gasteiger partial charge in [0.2, 0.25) is 15.8 Å². The minimum Gasteiger partial charge on any atom is -0.497 e. The summed E-state index contributed by atoms with van der Waals surface area (Å²) in [6, 6.07) is 7.91. The van der Waals surface area contributed by atoms with Crippen LogP contribution in [0.5, 0.6) is 5.75 Å². The number of benzene rings is 1. The van der Waals surface area contributed by atoms with Crippen LogP contribution in [0.15, 0.2) is 45.8 Å². The number of esters is 1. The molecule has 10 nitrogen and oxygen atoms in total. The summed E-state index contributed by atoms with van der Waals surface area (Å²) in [5.74, 6) is 0.373. The Kier molecular flexibility index (Phi) is 7.04. The molecule has 0 saturated heterocycles. The summed E-state index contributed by atoms with van der Waals surface area (Å²) in [7, 11) is -2.50. The topological polar surface area (TPSA) is 130 Å². The zero-order chi connectivity index (χ0) is 24.3. The average Bonchev–Trinajstić information content (AvgIpc) is 3.33. The highest BCUT2D eigenvalue weighted by molar-refractivity contribution is 7.89. The highest BCUT2D eigenvalue weighted by atomic mass is 32.2. The first kappa shape index (κ1) is 24.2. The number of carbonyl (C=O) groups excluding carboxylic acids is 2. The Bertz CT molecular complexity index is 1270. The molecule has 2 heterocycles. The van der Waals surface area contributed by atoms with Crippen LogP contribution >= 0.6 is 0 Å². The molecule has 1 atom stereocenters. The Morgan fingerprint density at radius 2 is 1.82 bits per heavy atom. The summed E-state index contributed by atoms with van der Waals surface area (Å²) in [5.41, 5.74) is 1.75. The molecular weight excluding hydrogens is 450 g/mol. The number of ether oxygens (including phenoxy) is 2. The lowest BCUT2D eigenvalue weighted by atomic mass is 10.1. The fraction of sp³-hybridized carbons (Fsp3) is 0.318. The molecule has 2 aromatic heterocycles. The molecule has 0 bridgehead atoms. The third-order valence-electron chi connectivity index (χ3n) is 4.98. The number of Topliss-reactive ketones (excluding diaryl/α,β-unsaturated/α-hetero) is 1. The summed E-state index contributed by atoms with van der Waals surface area (Å²) in [4.78, 5) is 25.0. The van der Waals surface area contributed by atoms with E-state index in [1.165, 1.54) is 38.3 Å². The first-order chi connectivity index (χ1) is 15.5. The second kappa shape index (κ2) is 9.59. The van der Waals surface area contributed by atoms with Gasteiger partial charge in [0.25, 0.3) is 0 Å². The number of rotatable bonds is 9. The molecule has 1 aromatic carbocycles. The van der Waals surface area contributed by atoms with E-state index in [9.17, 15) is 18.0 Å². The van der Waals surface area contributed by atoms with Crippen LogP contribution in [0.2, 0.25) is 0 Å². The van der Waals surface area contributed by atoms with Crippen molar-refractivity contribution in [1.82, 2.24) is 14.4 Å². The Morgan fingerprint density at radius 3 is 2.39 bits per heavy atom. The quantitative estimate of drug-likeness (QED) is 0.369. The third-order valence-corrected chi connectivity index (χ3v) is 6.53. The Labute approximate surface area is 191 Å². The van der Waals surface area contributed by atoms with Gasteiger partial charge in [-0.3, -0.25) is 14.2 Å². The van der Waals surface area contributed by atoms with Gasteiger partial charge < -0.3 is 14.0 Å². The van der Waals surface area contributed by atoms with Crippen LogP contribution in [-0.4, -0.2) is 49.7 Å². The summed E-state index contributed by atoms with van der Waals surface area (Å²) in [6.45, 7) is 6.13. The number of aryl methyl sites for hydroxylation is 2. The fourth-order valence-electron chi connectivity index (χ4n) is 3.30. The molecule has 1 N–H and O–H groups in total. The average molecular weight is 476 g/mol. The van der Waals surface area contributed by atoms with Crippen LogP contribution in [-0.2, 0) is 19.6 Å². The Balaban J connectivity index is 1.64. The molecule has 11 heteroatoms. The lowest BCUT2D eigenvalue weighted by Gasteiger charge is -2.14. The van der Waals surface area contributed by atoms with E-state index in [0.29, 0.717) is 28.6 Å². The summed E-state index contributed by atoms with van der Waals surface area (Å²) >= 11 is 0. The molecule has 0 aliphatic rings. The molecule has 3 aromatic rings. The zero-order valence-corrected chi connectivity index (χ0v) is 19.7. The van der Waals surface area contributed by atoms with E-state index >= 15 is 0 Å². The van der Waals surface area contributed by atoms with Crippen molar-refractivity contribution in [3.63, 3.8) is 0 Å². The lowest BCUT2D eigenvalue weighted by Crippen LogP contribution is -2.40. The predicted octanol–water partition coefficient (Wildman–Crippen LogP) is 2.49. The van der Waals surface area contributed by atoms with Crippen molar-refractivity contribution in [2.75, 3.05) is 13.7 Å². The molecule has 0 aliphatic heterocycles. The largest absolute Gasteiger partial charge is 0.497 e. The number of aromatic nitrogens is 2. The van der Waals surface area contributed by atoms with Gasteiger partial charge in [-0.05, 0) is 58.0 Å². The van der Waals surface area contributed by atoms with Gasteiger partial charge in [0, 0.05) is 23.0 Å². The first-order valence-corrected chi connectivity index (χ1v) is 11.5. The van der Waals surface area contributed by atoms with Crippen LogP contribution in [0.25, 0.3) is 5.82 Å². The van der Waals surface area contributed by atoms with Crippen molar-refractivity contribution < 1.29 is 32.0 Å². The Morgan fingerprint density at radius 1 is 1.15 bits per heavy atom. The second-order valence-corrected chi connectivity index (χ2v) is 9.18. The molecule has 176 valence electrons. The molecule has 0 fully saturated rings. The van der Waals surface area contributed by atoms with Crippen molar-refractivity contribution in [1.29, 1.82) is 0 Å². The van der Waals surface area contributed by atoms with E-state index in [1.807, 2.05) is 6.92 Å². The maximum Gasteiger partial charge on any atom is 0.324 e. The smallest absolute Gasteiger partial charge is 0.324 e. The number of ketones is 1. The monoisotopic (exact) mass is 475 g/mol. The predicted molar refractivity (Wildman–Crippen MR) is 118 cm³/mol. The van der Waals surface area contributed by atoms with Crippen LogP contribution in [0.4, 0.5) is 0 Å². The maximum atomic E-state index is 12.7. The van der Waals surface area contributed by atoms with Gasteiger partial charge in [-0.1, -0.05) is 5.16 Å². The summed E-state index contributed by atoms with van der Waals surface area (Å²) in [5, 5.41) is 3.97. The van der Waals surface area contributed by atoms with Crippen molar-refractivity contribution in [3.05, 3.63) is 59.1 Å². The normalized spacial score (nSPS) is 12.4. The fourth-order valence-corrected chi connectivity index (χ4v) is 4.49. The highest BCUT2D eigenvalue weighted by Gasteiger charge is 2.25. The van der Waals surface area contributed by atoms with Crippen molar-refractivity contribution in [2.45, 2.75) is 38.6 Å². The molecule has 0 unspecified atom stereocenters. The SMILES string of the molecule is COc1ccc(S(=O)(=O)N[C@@H](C)C(=O)OCC(=O)c2cc(C)n(-c3cc(C)on3)c2C)cc1. The van der Waals surface area contributed by atoms with Gasteiger partial charge >= 0.3 is 5.97 Å². The maximum absolute atomic E-state index is 12.7. The van der Waals surface area contributed by atoms with Crippen LogP contribution in [0.3, 0.4) is 0 Å². The Hall–Kier alpha value is -3.44. The molecule has 0 aliphatic carbocycles. The second-order valence-electron chi connectivity index (χ2n) is 7.47.